The number of aromatic hydroxyl groups is 2. The summed E-state index contributed by atoms with van der Waals surface area (Å²) in [7, 11) is 0. The van der Waals surface area contributed by atoms with Gasteiger partial charge in [0.1, 0.15) is 23.3 Å². The fourth-order valence-corrected chi connectivity index (χ4v) is 4.91. The molecule has 0 bridgehead atoms. The first-order valence-electron chi connectivity index (χ1n) is 10.8. The SMILES string of the molecule is CCOC(=O)C1=C(C)N=c2s/c(=C\c3ccc(O)cc3O)c(=O)n2[C@@H]1c1ccccc1OCC. The highest BCUT2D eigenvalue weighted by Crippen LogP contribution is 2.35. The van der Waals surface area contributed by atoms with Crippen LogP contribution in [0.15, 0.2) is 63.5 Å². The minimum atomic E-state index is -0.798. The van der Waals surface area contributed by atoms with Crippen LogP contribution in [0.4, 0.5) is 0 Å². The number of hydrogen-bond acceptors (Lipinski definition) is 8. The van der Waals surface area contributed by atoms with Gasteiger partial charge in [-0.3, -0.25) is 9.36 Å². The Hall–Kier alpha value is -3.85. The van der Waals surface area contributed by atoms with E-state index in [2.05, 4.69) is 4.99 Å². The Bertz CT molecular complexity index is 1470. The Kier molecular flexibility index (Phi) is 6.56. The Balaban J connectivity index is 1.99. The fourth-order valence-electron chi connectivity index (χ4n) is 3.87. The van der Waals surface area contributed by atoms with E-state index in [-0.39, 0.29) is 29.2 Å². The highest BCUT2D eigenvalue weighted by atomic mass is 32.1. The Morgan fingerprint density at radius 3 is 2.65 bits per heavy atom. The van der Waals surface area contributed by atoms with Gasteiger partial charge in [-0.05, 0) is 45.0 Å². The van der Waals surface area contributed by atoms with Crippen molar-refractivity contribution in [1.29, 1.82) is 0 Å². The summed E-state index contributed by atoms with van der Waals surface area (Å²) in [6, 6.07) is 10.6. The number of phenolic OH excluding ortho intramolecular Hbond substituents is 2. The zero-order chi connectivity index (χ0) is 24.4. The molecule has 0 aliphatic carbocycles. The van der Waals surface area contributed by atoms with Gasteiger partial charge < -0.3 is 19.7 Å². The second-order valence-corrected chi connectivity index (χ2v) is 8.53. The third kappa shape index (κ3) is 4.22. The largest absolute Gasteiger partial charge is 0.508 e. The average molecular weight is 481 g/mol. The highest BCUT2D eigenvalue weighted by Gasteiger charge is 2.35. The highest BCUT2D eigenvalue weighted by molar-refractivity contribution is 7.07. The average Bonchev–Trinajstić information content (AvgIpc) is 3.10. The van der Waals surface area contributed by atoms with Crippen molar-refractivity contribution in [3.05, 3.63) is 84.5 Å². The Labute approximate surface area is 199 Å². The number of thiazole rings is 1. The van der Waals surface area contributed by atoms with E-state index in [0.717, 1.165) is 11.3 Å². The number of aromatic nitrogens is 1. The molecule has 0 saturated carbocycles. The van der Waals surface area contributed by atoms with Crippen LogP contribution in [0.1, 0.15) is 37.9 Å². The van der Waals surface area contributed by atoms with E-state index in [0.29, 0.717) is 38.5 Å². The summed E-state index contributed by atoms with van der Waals surface area (Å²) in [4.78, 5) is 31.6. The van der Waals surface area contributed by atoms with Gasteiger partial charge in [-0.2, -0.15) is 0 Å². The van der Waals surface area contributed by atoms with Gasteiger partial charge >= 0.3 is 5.97 Å². The number of hydrogen-bond donors (Lipinski definition) is 2. The summed E-state index contributed by atoms with van der Waals surface area (Å²) in [6.07, 6.45) is 1.54. The van der Waals surface area contributed by atoms with Crippen LogP contribution < -0.4 is 19.6 Å². The van der Waals surface area contributed by atoms with Gasteiger partial charge in [-0.15, -0.1) is 0 Å². The van der Waals surface area contributed by atoms with Crippen molar-refractivity contribution in [2.75, 3.05) is 13.2 Å². The van der Waals surface area contributed by atoms with Gasteiger partial charge in [-0.25, -0.2) is 9.79 Å². The molecule has 0 radical (unpaired) electrons. The summed E-state index contributed by atoms with van der Waals surface area (Å²) in [6.45, 7) is 5.89. The molecule has 4 rings (SSSR count). The quantitative estimate of drug-likeness (QED) is 0.525. The number of benzene rings is 2. The fraction of sp³-hybridized carbons (Fsp3) is 0.240. The van der Waals surface area contributed by atoms with Crippen LogP contribution in [0.3, 0.4) is 0 Å². The van der Waals surface area contributed by atoms with E-state index >= 15 is 0 Å². The monoisotopic (exact) mass is 480 g/mol. The molecule has 1 atom stereocenters. The molecule has 0 saturated heterocycles. The predicted molar refractivity (Wildman–Crippen MR) is 128 cm³/mol. The molecule has 176 valence electrons. The lowest BCUT2D eigenvalue weighted by atomic mass is 9.95. The molecule has 0 amide bonds. The van der Waals surface area contributed by atoms with Gasteiger partial charge in [0.25, 0.3) is 5.56 Å². The molecule has 3 aromatic rings. The summed E-state index contributed by atoms with van der Waals surface area (Å²) in [5, 5.41) is 19.7. The maximum absolute atomic E-state index is 13.6. The Morgan fingerprint density at radius 2 is 1.94 bits per heavy atom. The number of nitrogens with zero attached hydrogens (tertiary/aromatic N) is 2. The van der Waals surface area contributed by atoms with E-state index < -0.39 is 12.0 Å². The van der Waals surface area contributed by atoms with Crippen LogP contribution in [0.5, 0.6) is 17.2 Å². The molecule has 2 aromatic carbocycles. The van der Waals surface area contributed by atoms with Gasteiger partial charge in [0, 0.05) is 17.2 Å². The molecule has 0 fully saturated rings. The zero-order valence-corrected chi connectivity index (χ0v) is 19.8. The number of allylic oxidation sites excluding steroid dienone is 1. The third-order valence-electron chi connectivity index (χ3n) is 5.33. The van der Waals surface area contributed by atoms with Crippen LogP contribution in [0, 0.1) is 0 Å². The zero-order valence-electron chi connectivity index (χ0n) is 18.9. The van der Waals surface area contributed by atoms with Crippen LogP contribution in [0.25, 0.3) is 6.08 Å². The number of fused-ring (bicyclic) bond motifs is 1. The van der Waals surface area contributed by atoms with Gasteiger partial charge in [0.2, 0.25) is 0 Å². The van der Waals surface area contributed by atoms with E-state index in [4.69, 9.17) is 9.47 Å². The van der Waals surface area contributed by atoms with Gasteiger partial charge in [0.05, 0.1) is 29.0 Å². The smallest absolute Gasteiger partial charge is 0.338 e. The van der Waals surface area contributed by atoms with Crippen LogP contribution >= 0.6 is 11.3 Å². The molecule has 2 heterocycles. The number of rotatable bonds is 6. The normalized spacial score (nSPS) is 15.6. The van der Waals surface area contributed by atoms with E-state index in [9.17, 15) is 19.8 Å². The summed E-state index contributed by atoms with van der Waals surface area (Å²) < 4.78 is 12.9. The lowest BCUT2D eigenvalue weighted by Gasteiger charge is -2.26. The van der Waals surface area contributed by atoms with Crippen molar-refractivity contribution in [3.63, 3.8) is 0 Å². The second kappa shape index (κ2) is 9.56. The molecule has 34 heavy (non-hydrogen) atoms. The van der Waals surface area contributed by atoms with Crippen molar-refractivity contribution < 1.29 is 24.5 Å². The summed E-state index contributed by atoms with van der Waals surface area (Å²) in [5.41, 5.74) is 1.36. The number of phenols is 2. The standard InChI is InChI=1S/C25H24N2O6S/c1-4-32-19-9-7-6-8-17(19)22-21(24(31)33-5-2)14(3)26-25-27(22)23(30)20(34-25)12-15-10-11-16(28)13-18(15)29/h6-13,22,28-29H,4-5H2,1-3H3/b20-12-/t22-/m1/s1. The van der Waals surface area contributed by atoms with Crippen molar-refractivity contribution >= 4 is 23.4 Å². The van der Waals surface area contributed by atoms with E-state index in [1.807, 2.05) is 25.1 Å². The lowest BCUT2D eigenvalue weighted by molar-refractivity contribution is -0.139. The van der Waals surface area contributed by atoms with Crippen molar-refractivity contribution in [2.24, 2.45) is 4.99 Å². The molecule has 0 spiro atoms. The van der Waals surface area contributed by atoms with Gasteiger partial charge in [0.15, 0.2) is 4.80 Å². The Morgan fingerprint density at radius 1 is 1.18 bits per heavy atom. The topological polar surface area (TPSA) is 110 Å². The molecule has 1 aliphatic rings. The molecule has 2 N–H and O–H groups in total. The van der Waals surface area contributed by atoms with Crippen LogP contribution in [-0.2, 0) is 9.53 Å². The molecule has 9 heteroatoms. The third-order valence-corrected chi connectivity index (χ3v) is 6.31. The summed E-state index contributed by atoms with van der Waals surface area (Å²) in [5.74, 6) is -0.242. The number of carbonyl (C=O) groups is 1. The second-order valence-electron chi connectivity index (χ2n) is 7.52. The molecule has 1 aliphatic heterocycles. The number of carbonyl (C=O) groups excluding carboxylic acids is 1. The minimum Gasteiger partial charge on any atom is -0.508 e. The van der Waals surface area contributed by atoms with Crippen molar-refractivity contribution in [1.82, 2.24) is 4.57 Å². The maximum atomic E-state index is 13.6. The first kappa shape index (κ1) is 23.3. The number of ether oxygens (including phenoxy) is 2. The van der Waals surface area contributed by atoms with Crippen molar-refractivity contribution in [2.45, 2.75) is 26.8 Å². The number of esters is 1. The minimum absolute atomic E-state index is 0.0849. The first-order chi connectivity index (χ1) is 16.3. The molecule has 8 nitrogen and oxygen atoms in total. The molecular weight excluding hydrogens is 456 g/mol. The van der Waals surface area contributed by atoms with Gasteiger partial charge in [-0.1, -0.05) is 29.5 Å². The van der Waals surface area contributed by atoms with Crippen molar-refractivity contribution in [3.8, 4) is 17.2 Å². The van der Waals surface area contributed by atoms with Crippen LogP contribution in [0.2, 0.25) is 0 Å². The van der Waals surface area contributed by atoms with Crippen LogP contribution in [-0.4, -0.2) is 34.0 Å². The predicted octanol–water partition coefficient (Wildman–Crippen LogP) is 2.61. The van der Waals surface area contributed by atoms with E-state index in [1.54, 1.807) is 19.9 Å². The summed E-state index contributed by atoms with van der Waals surface area (Å²) >= 11 is 1.15. The molecule has 1 aromatic heterocycles. The van der Waals surface area contributed by atoms with E-state index in [1.165, 1.54) is 28.8 Å². The lowest BCUT2D eigenvalue weighted by Crippen LogP contribution is -2.40. The number of para-hydroxylation sites is 1. The first-order valence-corrected chi connectivity index (χ1v) is 11.6. The maximum Gasteiger partial charge on any atom is 0.338 e. The molecule has 0 unspecified atom stereocenters. The molecular formula is C25H24N2O6S.